The van der Waals surface area contributed by atoms with Crippen LogP contribution in [-0.4, -0.2) is 23.9 Å². The molecular formula is C25H23N5O3. The third-order valence-corrected chi connectivity index (χ3v) is 5.17. The minimum Gasteiger partial charge on any atom is -0.497 e. The number of fused-ring (bicyclic) bond motifs is 1. The van der Waals surface area contributed by atoms with Crippen LogP contribution in [0.4, 0.5) is 17.2 Å². The topological polar surface area (TPSA) is 132 Å². The molecule has 0 unspecified atom stereocenters. The predicted molar refractivity (Wildman–Crippen MR) is 129 cm³/mol. The molecule has 0 fully saturated rings. The Morgan fingerprint density at radius 3 is 2.36 bits per heavy atom. The SMILES string of the molecule is COc1ccc(NC(=O)c2ccc(CNc3ccc4ccc(C(N)=O)cc4n3)cc2)c(N)c1. The zero-order valence-electron chi connectivity index (χ0n) is 18.0. The third-order valence-electron chi connectivity index (χ3n) is 5.17. The first-order valence-corrected chi connectivity index (χ1v) is 10.2. The highest BCUT2D eigenvalue weighted by molar-refractivity contribution is 6.05. The van der Waals surface area contributed by atoms with Crippen LogP contribution in [0.25, 0.3) is 10.9 Å². The van der Waals surface area contributed by atoms with Gasteiger partial charge >= 0.3 is 0 Å². The van der Waals surface area contributed by atoms with Crippen molar-refractivity contribution in [2.45, 2.75) is 6.54 Å². The summed E-state index contributed by atoms with van der Waals surface area (Å²) in [7, 11) is 1.55. The van der Waals surface area contributed by atoms with Crippen molar-refractivity contribution in [3.8, 4) is 5.75 Å². The van der Waals surface area contributed by atoms with Crippen molar-refractivity contribution in [1.29, 1.82) is 0 Å². The second-order valence-corrected chi connectivity index (χ2v) is 7.43. The van der Waals surface area contributed by atoms with Gasteiger partial charge in [0.1, 0.15) is 11.6 Å². The predicted octanol–water partition coefficient (Wildman–Crippen LogP) is 3.79. The first-order chi connectivity index (χ1) is 15.9. The lowest BCUT2D eigenvalue weighted by molar-refractivity contribution is 0.0997. The number of carbonyl (C=O) groups excluding carboxylic acids is 2. The van der Waals surface area contributed by atoms with Crippen molar-refractivity contribution >= 4 is 39.9 Å². The normalized spacial score (nSPS) is 10.6. The van der Waals surface area contributed by atoms with Crippen molar-refractivity contribution in [3.63, 3.8) is 0 Å². The van der Waals surface area contributed by atoms with E-state index in [0.29, 0.717) is 46.1 Å². The number of hydrogen-bond acceptors (Lipinski definition) is 6. The van der Waals surface area contributed by atoms with E-state index in [1.807, 2.05) is 30.3 Å². The van der Waals surface area contributed by atoms with E-state index in [1.165, 1.54) is 0 Å². The standard InChI is InChI=1S/C25H23N5O3/c1-33-19-9-10-21(20(26)13-19)30-25(32)17-4-2-15(3-5-17)14-28-23-11-8-16-6-7-18(24(27)31)12-22(16)29-23/h2-13H,14,26H2,1H3,(H2,27,31)(H,28,29)(H,30,32). The van der Waals surface area contributed by atoms with Crippen molar-refractivity contribution in [2.24, 2.45) is 5.73 Å². The van der Waals surface area contributed by atoms with E-state index < -0.39 is 5.91 Å². The Morgan fingerprint density at radius 1 is 0.939 bits per heavy atom. The van der Waals surface area contributed by atoms with Gasteiger partial charge in [0.05, 0.1) is 24.0 Å². The number of nitrogens with two attached hydrogens (primary N) is 2. The van der Waals surface area contributed by atoms with Gasteiger partial charge in [0.25, 0.3) is 5.91 Å². The van der Waals surface area contributed by atoms with E-state index in [1.54, 1.807) is 49.6 Å². The smallest absolute Gasteiger partial charge is 0.255 e. The molecule has 0 aliphatic carbocycles. The molecule has 0 aliphatic heterocycles. The number of carbonyl (C=O) groups is 2. The highest BCUT2D eigenvalue weighted by Crippen LogP contribution is 2.24. The highest BCUT2D eigenvalue weighted by atomic mass is 16.5. The second-order valence-electron chi connectivity index (χ2n) is 7.43. The van der Waals surface area contributed by atoms with Crippen molar-refractivity contribution in [3.05, 3.63) is 89.5 Å². The Bertz CT molecular complexity index is 1340. The van der Waals surface area contributed by atoms with Crippen LogP contribution in [0, 0.1) is 0 Å². The van der Waals surface area contributed by atoms with Gasteiger partial charge in [-0.25, -0.2) is 4.98 Å². The fourth-order valence-electron chi connectivity index (χ4n) is 3.31. The Hall–Kier alpha value is -4.59. The molecule has 1 heterocycles. The number of hydrogen-bond donors (Lipinski definition) is 4. The van der Waals surface area contributed by atoms with Crippen LogP contribution in [0.3, 0.4) is 0 Å². The number of primary amides is 1. The molecule has 0 aliphatic rings. The summed E-state index contributed by atoms with van der Waals surface area (Å²) in [6, 6.07) is 21.3. The molecule has 166 valence electrons. The van der Waals surface area contributed by atoms with Crippen molar-refractivity contribution in [2.75, 3.05) is 23.5 Å². The Kier molecular flexibility index (Phi) is 6.08. The van der Waals surface area contributed by atoms with E-state index in [9.17, 15) is 9.59 Å². The lowest BCUT2D eigenvalue weighted by Crippen LogP contribution is -2.13. The third kappa shape index (κ3) is 5.01. The monoisotopic (exact) mass is 441 g/mol. The molecule has 4 rings (SSSR count). The number of amides is 2. The van der Waals surface area contributed by atoms with Gasteiger partial charge in [0, 0.05) is 29.1 Å². The average Bonchev–Trinajstić information content (AvgIpc) is 2.83. The van der Waals surface area contributed by atoms with Gasteiger partial charge < -0.3 is 26.8 Å². The number of pyridine rings is 1. The number of ether oxygens (including phenoxy) is 1. The summed E-state index contributed by atoms with van der Waals surface area (Å²) in [5.41, 5.74) is 14.8. The summed E-state index contributed by atoms with van der Waals surface area (Å²) >= 11 is 0. The molecular weight excluding hydrogens is 418 g/mol. The van der Waals surface area contributed by atoms with Crippen molar-refractivity contribution in [1.82, 2.24) is 4.98 Å². The first-order valence-electron chi connectivity index (χ1n) is 10.2. The van der Waals surface area contributed by atoms with Crippen LogP contribution in [0.5, 0.6) is 5.75 Å². The maximum Gasteiger partial charge on any atom is 0.255 e. The van der Waals surface area contributed by atoms with Crippen molar-refractivity contribution < 1.29 is 14.3 Å². The molecule has 33 heavy (non-hydrogen) atoms. The van der Waals surface area contributed by atoms with Crippen LogP contribution in [-0.2, 0) is 6.54 Å². The molecule has 3 aromatic carbocycles. The lowest BCUT2D eigenvalue weighted by atomic mass is 10.1. The quantitative estimate of drug-likeness (QED) is 0.323. The Balaban J connectivity index is 1.40. The fourth-order valence-corrected chi connectivity index (χ4v) is 3.31. The van der Waals surface area contributed by atoms with Gasteiger partial charge in [-0.2, -0.15) is 0 Å². The number of aromatic nitrogens is 1. The van der Waals surface area contributed by atoms with Crippen LogP contribution >= 0.6 is 0 Å². The van der Waals surface area contributed by atoms with E-state index in [-0.39, 0.29) is 5.91 Å². The zero-order valence-corrected chi connectivity index (χ0v) is 18.0. The summed E-state index contributed by atoms with van der Waals surface area (Å²) < 4.78 is 5.12. The molecule has 0 saturated carbocycles. The van der Waals surface area contributed by atoms with Gasteiger partial charge in [-0.15, -0.1) is 0 Å². The molecule has 8 heteroatoms. The molecule has 1 aromatic heterocycles. The van der Waals surface area contributed by atoms with Gasteiger partial charge in [-0.05, 0) is 54.1 Å². The number of nitrogen functional groups attached to an aromatic ring is 1. The minimum atomic E-state index is -0.490. The number of methoxy groups -OCH3 is 1. The largest absolute Gasteiger partial charge is 0.497 e. The highest BCUT2D eigenvalue weighted by Gasteiger charge is 2.09. The number of anilines is 3. The maximum atomic E-state index is 12.6. The number of nitrogens with one attached hydrogen (secondary N) is 2. The Labute approximate surface area is 190 Å². The van der Waals surface area contributed by atoms with E-state index in [0.717, 1.165) is 10.9 Å². The maximum absolute atomic E-state index is 12.6. The zero-order chi connectivity index (χ0) is 23.4. The summed E-state index contributed by atoms with van der Waals surface area (Å²) in [4.78, 5) is 28.5. The molecule has 0 spiro atoms. The molecule has 8 nitrogen and oxygen atoms in total. The lowest BCUT2D eigenvalue weighted by Gasteiger charge is -2.11. The van der Waals surface area contributed by atoms with Crippen LogP contribution < -0.4 is 26.8 Å². The summed E-state index contributed by atoms with van der Waals surface area (Å²) in [6.07, 6.45) is 0. The van der Waals surface area contributed by atoms with Gasteiger partial charge in [0.15, 0.2) is 0 Å². The van der Waals surface area contributed by atoms with E-state index in [2.05, 4.69) is 15.6 Å². The van der Waals surface area contributed by atoms with Crippen LogP contribution in [0.2, 0.25) is 0 Å². The van der Waals surface area contributed by atoms with Crippen LogP contribution in [0.15, 0.2) is 72.8 Å². The fraction of sp³-hybridized carbons (Fsp3) is 0.0800. The molecule has 0 atom stereocenters. The van der Waals surface area contributed by atoms with Gasteiger partial charge in [-0.3, -0.25) is 9.59 Å². The molecule has 0 bridgehead atoms. The molecule has 2 amide bonds. The van der Waals surface area contributed by atoms with Gasteiger partial charge in [-0.1, -0.05) is 18.2 Å². The number of nitrogens with zero attached hydrogens (tertiary/aromatic N) is 1. The summed E-state index contributed by atoms with van der Waals surface area (Å²) in [5, 5.41) is 6.97. The number of rotatable bonds is 7. The molecule has 0 radical (unpaired) electrons. The minimum absolute atomic E-state index is 0.257. The van der Waals surface area contributed by atoms with E-state index >= 15 is 0 Å². The van der Waals surface area contributed by atoms with E-state index in [4.69, 9.17) is 16.2 Å². The molecule has 6 N–H and O–H groups in total. The summed E-state index contributed by atoms with van der Waals surface area (Å²) in [6.45, 7) is 0.515. The Morgan fingerprint density at radius 2 is 1.67 bits per heavy atom. The van der Waals surface area contributed by atoms with Gasteiger partial charge in [0.2, 0.25) is 5.91 Å². The first kappa shape index (κ1) is 21.6. The van der Waals surface area contributed by atoms with Crippen LogP contribution in [0.1, 0.15) is 26.3 Å². The molecule has 4 aromatic rings. The molecule has 0 saturated heterocycles. The number of benzene rings is 3. The second kappa shape index (κ2) is 9.27. The average molecular weight is 441 g/mol. The summed E-state index contributed by atoms with van der Waals surface area (Å²) in [5.74, 6) is 0.543.